The number of aryl methyl sites for hydroxylation is 1. The Hall–Kier alpha value is -2.73. The van der Waals surface area contributed by atoms with E-state index in [2.05, 4.69) is 12.1 Å². The first-order chi connectivity index (χ1) is 14.8. The van der Waals surface area contributed by atoms with Gasteiger partial charge in [0.15, 0.2) is 11.5 Å². The summed E-state index contributed by atoms with van der Waals surface area (Å²) in [5.41, 5.74) is 1.60. The van der Waals surface area contributed by atoms with Crippen LogP contribution in [0.3, 0.4) is 0 Å². The van der Waals surface area contributed by atoms with Crippen LogP contribution in [0.1, 0.15) is 44.2 Å². The zero-order valence-corrected chi connectivity index (χ0v) is 18.7. The first-order valence-electron chi connectivity index (χ1n) is 10.8. The first-order valence-corrected chi connectivity index (χ1v) is 10.8. The number of aliphatic hydroxyl groups excluding tert-OH is 1. The molecule has 6 nitrogen and oxygen atoms in total. The molecule has 31 heavy (non-hydrogen) atoms. The van der Waals surface area contributed by atoms with E-state index in [9.17, 15) is 15.0 Å². The van der Waals surface area contributed by atoms with Crippen molar-refractivity contribution in [2.75, 3.05) is 20.3 Å². The van der Waals surface area contributed by atoms with Crippen molar-refractivity contribution in [3.8, 4) is 11.5 Å². The van der Waals surface area contributed by atoms with Gasteiger partial charge in [0, 0.05) is 23.9 Å². The largest absolute Gasteiger partial charge is 0.493 e. The van der Waals surface area contributed by atoms with Crippen LogP contribution in [0.2, 0.25) is 0 Å². The maximum absolute atomic E-state index is 11.8. The van der Waals surface area contributed by atoms with E-state index in [0.717, 1.165) is 18.4 Å². The molecule has 2 aromatic rings. The van der Waals surface area contributed by atoms with Gasteiger partial charge in [0.05, 0.1) is 19.8 Å². The molecule has 0 spiro atoms. The summed E-state index contributed by atoms with van der Waals surface area (Å²) in [5.74, 6) is 1.13. The molecule has 1 amide bonds. The maximum Gasteiger partial charge on any atom is 0.407 e. The molecule has 1 fully saturated rings. The van der Waals surface area contributed by atoms with Crippen LogP contribution in [0, 0.1) is 5.41 Å². The lowest BCUT2D eigenvalue weighted by atomic mass is 9.69. The summed E-state index contributed by atoms with van der Waals surface area (Å²) in [7, 11) is 1.61. The minimum Gasteiger partial charge on any atom is -0.493 e. The Bertz CT molecular complexity index is 885. The number of aliphatic hydroxyl groups is 1. The van der Waals surface area contributed by atoms with E-state index in [1.807, 2.05) is 50.2 Å². The highest BCUT2D eigenvalue weighted by Crippen LogP contribution is 2.50. The van der Waals surface area contributed by atoms with Gasteiger partial charge in [-0.25, -0.2) is 4.79 Å². The second kappa shape index (κ2) is 9.60. The second-order valence-corrected chi connectivity index (χ2v) is 8.55. The molecule has 0 radical (unpaired) electrons. The number of ether oxygens (including phenoxy) is 2. The number of methoxy groups -OCH3 is 1. The summed E-state index contributed by atoms with van der Waals surface area (Å²) < 4.78 is 11.5. The quantitative estimate of drug-likeness (QED) is 0.604. The Morgan fingerprint density at radius 3 is 2.55 bits per heavy atom. The molecule has 1 heterocycles. The van der Waals surface area contributed by atoms with Crippen LogP contribution < -0.4 is 9.47 Å². The minimum absolute atomic E-state index is 0.156. The van der Waals surface area contributed by atoms with Gasteiger partial charge in [-0.05, 0) is 49.9 Å². The van der Waals surface area contributed by atoms with Gasteiger partial charge in [-0.15, -0.1) is 0 Å². The average Bonchev–Trinajstić information content (AvgIpc) is 3.04. The fraction of sp³-hybridized carbons (Fsp3) is 0.480. The predicted molar refractivity (Wildman–Crippen MR) is 120 cm³/mol. The highest BCUT2D eigenvalue weighted by atomic mass is 16.5. The molecule has 0 aromatic heterocycles. The molecule has 6 heteroatoms. The molecular formula is C25H33NO5. The Kier molecular flexibility index (Phi) is 7.11. The van der Waals surface area contributed by atoms with Crippen LogP contribution in [0.4, 0.5) is 4.79 Å². The molecule has 168 valence electrons. The number of hydrogen-bond acceptors (Lipinski definition) is 4. The van der Waals surface area contributed by atoms with E-state index in [4.69, 9.17) is 9.47 Å². The predicted octanol–water partition coefficient (Wildman–Crippen LogP) is 4.56. The van der Waals surface area contributed by atoms with Gasteiger partial charge in [0.1, 0.15) is 0 Å². The third-order valence-electron chi connectivity index (χ3n) is 6.94. The van der Waals surface area contributed by atoms with Crippen LogP contribution in [0.25, 0.3) is 0 Å². The van der Waals surface area contributed by atoms with Crippen molar-refractivity contribution in [3.63, 3.8) is 0 Å². The van der Waals surface area contributed by atoms with E-state index < -0.39 is 17.6 Å². The van der Waals surface area contributed by atoms with Gasteiger partial charge < -0.3 is 24.6 Å². The molecule has 1 unspecified atom stereocenters. The molecule has 1 saturated heterocycles. The highest BCUT2D eigenvalue weighted by molar-refractivity contribution is 5.66. The van der Waals surface area contributed by atoms with Crippen LogP contribution in [-0.2, 0) is 6.42 Å². The highest BCUT2D eigenvalue weighted by Gasteiger charge is 2.53. The monoisotopic (exact) mass is 427 g/mol. The van der Waals surface area contributed by atoms with Gasteiger partial charge in [0.2, 0.25) is 0 Å². The Balaban J connectivity index is 1.79. The summed E-state index contributed by atoms with van der Waals surface area (Å²) in [4.78, 5) is 13.2. The van der Waals surface area contributed by atoms with Gasteiger partial charge in [-0.3, -0.25) is 0 Å². The van der Waals surface area contributed by atoms with Gasteiger partial charge in [-0.1, -0.05) is 43.3 Å². The number of carbonyl (C=O) groups is 1. The smallest absolute Gasteiger partial charge is 0.407 e. The molecular weight excluding hydrogens is 394 g/mol. The SMILES string of the molecule is COc1ccc([C@@H]2CN(C(=O)O)C(C)[C@@]2(C)[C@H](C)O)cc1OCCCc1ccccc1. The third kappa shape index (κ3) is 4.64. The molecule has 0 saturated carbocycles. The molecule has 2 N–H and O–H groups in total. The van der Waals surface area contributed by atoms with Crippen molar-refractivity contribution < 1.29 is 24.5 Å². The summed E-state index contributed by atoms with van der Waals surface area (Å²) in [6.07, 6.45) is 0.161. The Morgan fingerprint density at radius 2 is 1.94 bits per heavy atom. The lowest BCUT2D eigenvalue weighted by Gasteiger charge is -2.38. The molecule has 0 bridgehead atoms. The summed E-state index contributed by atoms with van der Waals surface area (Å²) in [6, 6.07) is 15.7. The number of nitrogens with zero attached hydrogens (tertiary/aromatic N) is 1. The standard InChI is InChI=1S/C25H33NO5/c1-17-25(3,18(2)27)21(16-26(17)24(28)29)20-12-13-22(30-4)23(15-20)31-14-8-11-19-9-6-5-7-10-19/h5-7,9-10,12-13,15,17-18,21,27H,8,11,14,16H2,1-4H3,(H,28,29)/t17?,18-,21-,25-/m0/s1. The van der Waals surface area contributed by atoms with Crippen LogP contribution in [0.5, 0.6) is 11.5 Å². The van der Waals surface area contributed by atoms with Crippen molar-refractivity contribution in [3.05, 3.63) is 59.7 Å². The minimum atomic E-state index is -0.965. The molecule has 1 aliphatic rings. The number of benzene rings is 2. The van der Waals surface area contributed by atoms with Gasteiger partial charge in [-0.2, -0.15) is 0 Å². The van der Waals surface area contributed by atoms with E-state index in [0.29, 0.717) is 24.7 Å². The molecule has 0 aliphatic carbocycles. The number of amides is 1. The number of likely N-dealkylation sites (tertiary alicyclic amines) is 1. The van der Waals surface area contributed by atoms with E-state index in [-0.39, 0.29) is 12.0 Å². The molecule has 3 rings (SSSR count). The number of rotatable bonds is 8. The Morgan fingerprint density at radius 1 is 1.23 bits per heavy atom. The topological polar surface area (TPSA) is 79.2 Å². The zero-order valence-electron chi connectivity index (χ0n) is 18.7. The van der Waals surface area contributed by atoms with Crippen LogP contribution >= 0.6 is 0 Å². The van der Waals surface area contributed by atoms with Crippen molar-refractivity contribution >= 4 is 6.09 Å². The van der Waals surface area contributed by atoms with E-state index in [1.165, 1.54) is 10.5 Å². The fourth-order valence-electron chi connectivity index (χ4n) is 4.65. The van der Waals surface area contributed by atoms with Gasteiger partial charge >= 0.3 is 6.09 Å². The van der Waals surface area contributed by atoms with Gasteiger partial charge in [0.25, 0.3) is 0 Å². The number of hydrogen-bond donors (Lipinski definition) is 2. The fourth-order valence-corrected chi connectivity index (χ4v) is 4.65. The zero-order chi connectivity index (χ0) is 22.6. The lowest BCUT2D eigenvalue weighted by Crippen LogP contribution is -2.45. The van der Waals surface area contributed by atoms with Crippen molar-refractivity contribution in [2.45, 2.75) is 51.7 Å². The summed E-state index contributed by atoms with van der Waals surface area (Å²) in [6.45, 7) is 6.44. The Labute approximate surface area is 184 Å². The first kappa shape index (κ1) is 22.9. The average molecular weight is 428 g/mol. The van der Waals surface area contributed by atoms with Crippen molar-refractivity contribution in [1.29, 1.82) is 0 Å². The summed E-state index contributed by atoms with van der Waals surface area (Å²) in [5, 5.41) is 20.2. The normalized spacial score (nSPS) is 24.1. The van der Waals surface area contributed by atoms with E-state index in [1.54, 1.807) is 14.0 Å². The lowest BCUT2D eigenvalue weighted by molar-refractivity contribution is 0.0204. The number of carboxylic acid groups (broad SMARTS) is 1. The molecule has 4 atom stereocenters. The summed E-state index contributed by atoms with van der Waals surface area (Å²) >= 11 is 0. The van der Waals surface area contributed by atoms with E-state index >= 15 is 0 Å². The van der Waals surface area contributed by atoms with Crippen molar-refractivity contribution in [2.24, 2.45) is 5.41 Å². The van der Waals surface area contributed by atoms with Crippen LogP contribution in [-0.4, -0.2) is 53.6 Å². The molecule has 1 aliphatic heterocycles. The maximum atomic E-state index is 11.8. The van der Waals surface area contributed by atoms with Crippen molar-refractivity contribution in [1.82, 2.24) is 4.90 Å². The third-order valence-corrected chi connectivity index (χ3v) is 6.94. The van der Waals surface area contributed by atoms with Crippen LogP contribution in [0.15, 0.2) is 48.5 Å². The molecule has 2 aromatic carbocycles. The second-order valence-electron chi connectivity index (χ2n) is 8.55.